The van der Waals surface area contributed by atoms with Crippen LogP contribution in [-0.2, 0) is 14.1 Å². The van der Waals surface area contributed by atoms with Crippen molar-refractivity contribution in [3.63, 3.8) is 0 Å². The van der Waals surface area contributed by atoms with Crippen LogP contribution >= 0.6 is 0 Å². The Bertz CT molecular complexity index is 1250. The number of nitrogens with one attached hydrogen (secondary N) is 2. The lowest BCUT2D eigenvalue weighted by molar-refractivity contribution is 0.416. The molecule has 1 aromatic carbocycles. The Kier molecular flexibility index (Phi) is 3.35. The van der Waals surface area contributed by atoms with Crippen molar-refractivity contribution in [2.75, 3.05) is 6.67 Å². The first-order valence-corrected chi connectivity index (χ1v) is 9.76. The van der Waals surface area contributed by atoms with Gasteiger partial charge in [0.1, 0.15) is 23.9 Å². The van der Waals surface area contributed by atoms with Gasteiger partial charge in [0.25, 0.3) is 0 Å². The highest BCUT2D eigenvalue weighted by Crippen LogP contribution is 2.33. The predicted molar refractivity (Wildman–Crippen MR) is 110 cm³/mol. The zero-order valence-corrected chi connectivity index (χ0v) is 16.3. The number of hydrogen-bond donors (Lipinski definition) is 2. The van der Waals surface area contributed by atoms with Crippen molar-refractivity contribution in [3.05, 3.63) is 42.5 Å². The summed E-state index contributed by atoms with van der Waals surface area (Å²) in [4.78, 5) is 10.8. The summed E-state index contributed by atoms with van der Waals surface area (Å²) in [5.41, 5.74) is 8.02. The summed E-state index contributed by atoms with van der Waals surface area (Å²) in [6, 6.07) is 6.88. The third-order valence-electron chi connectivity index (χ3n) is 5.61. The SMILES string of the molecule is Cn1cc(-c2nc(-c3ccc4cnn(C)c4c3)c(C3=NNCN3C3CC3)[nH]2)cn1. The Labute approximate surface area is 167 Å². The average Bonchev–Trinajstić information content (AvgIpc) is 3.11. The van der Waals surface area contributed by atoms with Gasteiger partial charge in [0.15, 0.2) is 5.84 Å². The number of fused-ring (bicyclic) bond motifs is 1. The third kappa shape index (κ3) is 2.61. The van der Waals surface area contributed by atoms with Crippen molar-refractivity contribution < 1.29 is 0 Å². The summed E-state index contributed by atoms with van der Waals surface area (Å²) in [6.45, 7) is 0.738. The first-order valence-electron chi connectivity index (χ1n) is 9.76. The molecule has 9 heteroatoms. The molecule has 0 radical (unpaired) electrons. The van der Waals surface area contributed by atoms with Crippen molar-refractivity contribution >= 4 is 16.7 Å². The van der Waals surface area contributed by atoms with Crippen molar-refractivity contribution in [2.24, 2.45) is 19.2 Å². The molecule has 29 heavy (non-hydrogen) atoms. The largest absolute Gasteiger partial charge is 0.335 e. The second-order valence-electron chi connectivity index (χ2n) is 7.71. The number of benzene rings is 1. The molecule has 6 rings (SSSR count). The Morgan fingerprint density at radius 1 is 1.07 bits per heavy atom. The summed E-state index contributed by atoms with van der Waals surface area (Å²) in [5, 5.41) is 14.4. The molecule has 1 saturated carbocycles. The van der Waals surface area contributed by atoms with Crippen LogP contribution in [-0.4, -0.2) is 53.0 Å². The highest BCUT2D eigenvalue weighted by molar-refractivity contribution is 6.04. The summed E-state index contributed by atoms with van der Waals surface area (Å²) >= 11 is 0. The van der Waals surface area contributed by atoms with Crippen LogP contribution in [0.25, 0.3) is 33.5 Å². The van der Waals surface area contributed by atoms with E-state index in [2.05, 4.69) is 48.8 Å². The molecule has 0 bridgehead atoms. The van der Waals surface area contributed by atoms with E-state index >= 15 is 0 Å². The average molecular weight is 387 g/mol. The number of hydrogen-bond acceptors (Lipinski definition) is 6. The van der Waals surface area contributed by atoms with Crippen molar-refractivity contribution in [2.45, 2.75) is 18.9 Å². The number of aromatic amines is 1. The predicted octanol–water partition coefficient (Wildman–Crippen LogP) is 2.05. The lowest BCUT2D eigenvalue weighted by atomic mass is 10.1. The van der Waals surface area contributed by atoms with E-state index in [-0.39, 0.29) is 0 Å². The maximum Gasteiger partial charge on any atom is 0.176 e. The van der Waals surface area contributed by atoms with Crippen molar-refractivity contribution in [1.29, 1.82) is 0 Å². The topological polar surface area (TPSA) is 92.0 Å². The van der Waals surface area contributed by atoms with Crippen LogP contribution in [0, 0.1) is 0 Å². The van der Waals surface area contributed by atoms with E-state index in [1.54, 1.807) is 4.68 Å². The van der Waals surface area contributed by atoms with Gasteiger partial charge < -0.3 is 9.88 Å². The monoisotopic (exact) mass is 387 g/mol. The van der Waals surface area contributed by atoms with Crippen LogP contribution in [0.1, 0.15) is 18.5 Å². The highest BCUT2D eigenvalue weighted by atomic mass is 15.5. The Morgan fingerprint density at radius 3 is 2.76 bits per heavy atom. The molecule has 0 spiro atoms. The molecule has 2 aliphatic rings. The summed E-state index contributed by atoms with van der Waals surface area (Å²) in [7, 11) is 3.86. The van der Waals surface area contributed by atoms with Gasteiger partial charge in [-0.3, -0.25) is 14.8 Å². The van der Waals surface area contributed by atoms with Gasteiger partial charge in [-0.25, -0.2) is 4.98 Å². The lowest BCUT2D eigenvalue weighted by Gasteiger charge is -2.18. The fraction of sp³-hybridized carbons (Fsp3) is 0.300. The fourth-order valence-corrected chi connectivity index (χ4v) is 3.93. The van der Waals surface area contributed by atoms with Crippen molar-refractivity contribution in [1.82, 2.24) is 39.9 Å². The smallest absolute Gasteiger partial charge is 0.176 e. The zero-order valence-electron chi connectivity index (χ0n) is 16.3. The molecule has 0 unspecified atom stereocenters. The number of rotatable bonds is 4. The van der Waals surface area contributed by atoms with E-state index in [9.17, 15) is 0 Å². The second-order valence-corrected chi connectivity index (χ2v) is 7.71. The zero-order chi connectivity index (χ0) is 19.5. The van der Waals surface area contributed by atoms with Gasteiger partial charge in [0.2, 0.25) is 0 Å². The van der Waals surface area contributed by atoms with Gasteiger partial charge in [-0.15, -0.1) is 0 Å². The van der Waals surface area contributed by atoms with E-state index in [0.717, 1.165) is 51.7 Å². The number of imidazole rings is 1. The highest BCUT2D eigenvalue weighted by Gasteiger charge is 2.36. The minimum Gasteiger partial charge on any atom is -0.335 e. The van der Waals surface area contributed by atoms with Gasteiger partial charge in [0.05, 0.1) is 23.5 Å². The van der Waals surface area contributed by atoms with Gasteiger partial charge in [-0.05, 0) is 18.9 Å². The number of hydrazone groups is 1. The first-order chi connectivity index (χ1) is 14.2. The summed E-state index contributed by atoms with van der Waals surface area (Å²) in [6.07, 6.45) is 8.08. The van der Waals surface area contributed by atoms with E-state index in [4.69, 9.17) is 4.98 Å². The minimum atomic E-state index is 0.557. The molecule has 0 amide bonds. The van der Waals surface area contributed by atoms with E-state index < -0.39 is 0 Å². The van der Waals surface area contributed by atoms with Gasteiger partial charge in [-0.1, -0.05) is 12.1 Å². The first kappa shape index (κ1) is 16.3. The Balaban J connectivity index is 1.53. The van der Waals surface area contributed by atoms with E-state index in [0.29, 0.717) is 6.04 Å². The Morgan fingerprint density at radius 2 is 1.97 bits per heavy atom. The number of H-pyrrole nitrogens is 1. The molecule has 9 nitrogen and oxygen atoms in total. The standard InChI is InChI=1S/C20H21N9/c1-27-10-14(9-22-27)19-24-17(12-3-4-13-8-23-28(2)16(13)7-12)18(25-19)20-26-21-11-29(20)15-5-6-15/h3-4,7-10,15,21H,5-6,11H2,1-2H3,(H,24,25). The van der Waals surface area contributed by atoms with Crippen LogP contribution < -0.4 is 5.43 Å². The molecular formula is C20H21N9. The van der Waals surface area contributed by atoms with Crippen LogP contribution in [0.15, 0.2) is 41.9 Å². The number of aryl methyl sites for hydroxylation is 2. The van der Waals surface area contributed by atoms with Gasteiger partial charge in [0, 0.05) is 37.3 Å². The fourth-order valence-electron chi connectivity index (χ4n) is 3.93. The molecule has 1 aliphatic carbocycles. The third-order valence-corrected chi connectivity index (χ3v) is 5.61. The van der Waals surface area contributed by atoms with Crippen molar-refractivity contribution in [3.8, 4) is 22.6 Å². The van der Waals surface area contributed by atoms with E-state index in [1.807, 2.05) is 37.4 Å². The maximum absolute atomic E-state index is 4.97. The molecule has 3 aromatic heterocycles. The molecule has 4 heterocycles. The quantitative estimate of drug-likeness (QED) is 0.559. The second kappa shape index (κ2) is 5.94. The molecule has 0 saturated heterocycles. The van der Waals surface area contributed by atoms with Crippen LogP contribution in [0.3, 0.4) is 0 Å². The molecule has 2 N–H and O–H groups in total. The molecular weight excluding hydrogens is 366 g/mol. The van der Waals surface area contributed by atoms with Gasteiger partial charge in [-0.2, -0.15) is 15.3 Å². The number of nitrogens with zero attached hydrogens (tertiary/aromatic N) is 7. The molecule has 1 fully saturated rings. The van der Waals surface area contributed by atoms with Crippen LogP contribution in [0.2, 0.25) is 0 Å². The Hall–Kier alpha value is -3.62. The minimum absolute atomic E-state index is 0.557. The van der Waals surface area contributed by atoms with Gasteiger partial charge >= 0.3 is 0 Å². The van der Waals surface area contributed by atoms with Crippen LogP contribution in [0.5, 0.6) is 0 Å². The lowest BCUT2D eigenvalue weighted by Crippen LogP contribution is -2.32. The molecule has 1 aliphatic heterocycles. The summed E-state index contributed by atoms with van der Waals surface area (Å²) < 4.78 is 3.67. The normalized spacial score (nSPS) is 16.5. The van der Waals surface area contributed by atoms with Crippen LogP contribution in [0.4, 0.5) is 0 Å². The summed E-state index contributed by atoms with van der Waals surface area (Å²) in [5.74, 6) is 1.72. The molecule has 146 valence electrons. The maximum atomic E-state index is 4.97. The molecule has 0 atom stereocenters. The number of aromatic nitrogens is 6. The number of amidine groups is 1. The molecule has 4 aromatic rings. The van der Waals surface area contributed by atoms with E-state index in [1.165, 1.54) is 12.8 Å².